The number of aryl methyl sites for hydroxylation is 2. The molecule has 0 fully saturated rings. The van der Waals surface area contributed by atoms with Crippen molar-refractivity contribution in [1.82, 2.24) is 15.3 Å². The lowest BCUT2D eigenvalue weighted by atomic mass is 10.1. The number of nitrogens with one attached hydrogen (secondary N) is 1. The van der Waals surface area contributed by atoms with Gasteiger partial charge in [0.2, 0.25) is 0 Å². The molecule has 106 valence electrons. The first-order valence-electron chi connectivity index (χ1n) is 6.78. The number of aromatic nitrogens is 2. The molecular formula is C16H21N3S. The van der Waals surface area contributed by atoms with E-state index in [4.69, 9.17) is 0 Å². The summed E-state index contributed by atoms with van der Waals surface area (Å²) in [5.74, 6) is 0. The van der Waals surface area contributed by atoms with Crippen molar-refractivity contribution < 1.29 is 0 Å². The Kier molecular flexibility index (Phi) is 4.78. The minimum atomic E-state index is 0.311. The largest absolute Gasteiger partial charge is 0.313 e. The Hall–Kier alpha value is -1.39. The van der Waals surface area contributed by atoms with Crippen LogP contribution in [0.2, 0.25) is 0 Å². The molecule has 0 saturated carbocycles. The van der Waals surface area contributed by atoms with Gasteiger partial charge >= 0.3 is 0 Å². The lowest BCUT2D eigenvalue weighted by molar-refractivity contribution is 0.641. The van der Waals surface area contributed by atoms with Crippen LogP contribution in [0.1, 0.15) is 35.5 Å². The fourth-order valence-electron chi connectivity index (χ4n) is 1.97. The fourth-order valence-corrected chi connectivity index (χ4v) is 3.04. The van der Waals surface area contributed by atoms with Gasteiger partial charge in [-0.25, -0.2) is 9.97 Å². The molecule has 0 saturated heterocycles. The van der Waals surface area contributed by atoms with E-state index < -0.39 is 0 Å². The van der Waals surface area contributed by atoms with Gasteiger partial charge in [-0.05, 0) is 63.7 Å². The van der Waals surface area contributed by atoms with Crippen LogP contribution in [0, 0.1) is 20.8 Å². The molecular weight excluding hydrogens is 266 g/mol. The van der Waals surface area contributed by atoms with E-state index in [-0.39, 0.29) is 0 Å². The topological polar surface area (TPSA) is 37.8 Å². The summed E-state index contributed by atoms with van der Waals surface area (Å²) in [6, 6.07) is 8.72. The van der Waals surface area contributed by atoms with Gasteiger partial charge in [0.25, 0.3) is 0 Å². The van der Waals surface area contributed by atoms with E-state index in [1.54, 1.807) is 11.8 Å². The van der Waals surface area contributed by atoms with Gasteiger partial charge in [0.15, 0.2) is 5.16 Å². The number of hydrogen-bond acceptors (Lipinski definition) is 4. The minimum Gasteiger partial charge on any atom is -0.313 e. The smallest absolute Gasteiger partial charge is 0.192 e. The van der Waals surface area contributed by atoms with E-state index in [9.17, 15) is 0 Å². The van der Waals surface area contributed by atoms with Gasteiger partial charge in [-0.1, -0.05) is 18.2 Å². The van der Waals surface area contributed by atoms with Crippen molar-refractivity contribution in [3.63, 3.8) is 0 Å². The van der Waals surface area contributed by atoms with Gasteiger partial charge in [-0.2, -0.15) is 0 Å². The van der Waals surface area contributed by atoms with Crippen LogP contribution in [0.3, 0.4) is 0 Å². The van der Waals surface area contributed by atoms with Crippen LogP contribution in [0.5, 0.6) is 0 Å². The fraction of sp³-hybridized carbons (Fsp3) is 0.375. The Morgan fingerprint density at radius 1 is 1.05 bits per heavy atom. The molecule has 20 heavy (non-hydrogen) atoms. The molecule has 0 spiro atoms. The third-order valence-electron chi connectivity index (χ3n) is 3.63. The van der Waals surface area contributed by atoms with Gasteiger partial charge in [-0.3, -0.25) is 0 Å². The highest BCUT2D eigenvalue weighted by atomic mass is 32.2. The molecule has 1 aromatic heterocycles. The third kappa shape index (κ3) is 3.19. The summed E-state index contributed by atoms with van der Waals surface area (Å²) in [6.45, 7) is 8.30. The molecule has 0 bridgehead atoms. The maximum Gasteiger partial charge on any atom is 0.192 e. The average Bonchev–Trinajstić information content (AvgIpc) is 2.44. The normalized spacial score (nSPS) is 12.4. The Morgan fingerprint density at radius 2 is 1.65 bits per heavy atom. The van der Waals surface area contributed by atoms with Crippen LogP contribution >= 0.6 is 11.8 Å². The second kappa shape index (κ2) is 6.37. The Labute approximate surface area is 125 Å². The van der Waals surface area contributed by atoms with Crippen LogP contribution in [-0.4, -0.2) is 17.0 Å². The first kappa shape index (κ1) is 15.0. The highest BCUT2D eigenvalue weighted by Crippen LogP contribution is 2.31. The third-order valence-corrected chi connectivity index (χ3v) is 4.59. The van der Waals surface area contributed by atoms with Crippen molar-refractivity contribution in [2.45, 2.75) is 43.8 Å². The first-order chi connectivity index (χ1) is 9.52. The van der Waals surface area contributed by atoms with Gasteiger partial charge in [0, 0.05) is 22.3 Å². The van der Waals surface area contributed by atoms with E-state index in [1.165, 1.54) is 16.0 Å². The molecule has 1 N–H and O–H groups in total. The summed E-state index contributed by atoms with van der Waals surface area (Å²) in [6.07, 6.45) is 0. The van der Waals surface area contributed by atoms with Crippen LogP contribution in [0.4, 0.5) is 0 Å². The summed E-state index contributed by atoms with van der Waals surface area (Å²) in [7, 11) is 1.97. The van der Waals surface area contributed by atoms with Gasteiger partial charge in [0.05, 0.1) is 0 Å². The van der Waals surface area contributed by atoms with Gasteiger partial charge in [-0.15, -0.1) is 0 Å². The summed E-state index contributed by atoms with van der Waals surface area (Å²) in [5.41, 5.74) is 4.56. The highest BCUT2D eigenvalue weighted by Gasteiger charge is 2.12. The minimum absolute atomic E-state index is 0.311. The van der Waals surface area contributed by atoms with Crippen LogP contribution < -0.4 is 5.32 Å². The monoisotopic (exact) mass is 287 g/mol. The average molecular weight is 287 g/mol. The van der Waals surface area contributed by atoms with E-state index >= 15 is 0 Å². The van der Waals surface area contributed by atoms with E-state index in [0.717, 1.165) is 16.5 Å². The number of nitrogens with zero attached hydrogens (tertiary/aromatic N) is 2. The van der Waals surface area contributed by atoms with Crippen LogP contribution in [-0.2, 0) is 0 Å². The Morgan fingerprint density at radius 3 is 2.25 bits per heavy atom. The van der Waals surface area contributed by atoms with Crippen LogP contribution in [0.15, 0.2) is 34.3 Å². The second-order valence-corrected chi connectivity index (χ2v) is 5.96. The zero-order chi connectivity index (χ0) is 14.7. The molecule has 2 aromatic rings. The van der Waals surface area contributed by atoms with Crippen molar-refractivity contribution in [1.29, 1.82) is 0 Å². The lowest BCUT2D eigenvalue weighted by Gasteiger charge is -2.15. The molecule has 1 aromatic carbocycles. The summed E-state index contributed by atoms with van der Waals surface area (Å²) >= 11 is 1.63. The summed E-state index contributed by atoms with van der Waals surface area (Å²) < 4.78 is 0. The molecule has 1 atom stereocenters. The van der Waals surface area contributed by atoms with E-state index in [0.29, 0.717) is 6.04 Å². The lowest BCUT2D eigenvalue weighted by Crippen LogP contribution is -2.13. The molecule has 1 heterocycles. The quantitative estimate of drug-likeness (QED) is 0.867. The molecule has 4 heteroatoms. The number of hydrogen-bond donors (Lipinski definition) is 1. The summed E-state index contributed by atoms with van der Waals surface area (Å²) in [5, 5.41) is 4.11. The standard InChI is InChI=1S/C16H21N3S/c1-10-11(2)18-16(19-12(10)3)20-15-9-7-6-8-14(15)13(4)17-5/h6-9,13,17H,1-5H3. The van der Waals surface area contributed by atoms with Crippen molar-refractivity contribution in [3.8, 4) is 0 Å². The molecule has 0 amide bonds. The SMILES string of the molecule is CNC(C)c1ccccc1Sc1nc(C)c(C)c(C)n1. The summed E-state index contributed by atoms with van der Waals surface area (Å²) in [4.78, 5) is 10.4. The molecule has 0 aliphatic rings. The second-order valence-electron chi connectivity index (χ2n) is 4.95. The van der Waals surface area contributed by atoms with Gasteiger partial charge < -0.3 is 5.32 Å². The predicted octanol–water partition coefficient (Wildman–Crippen LogP) is 3.83. The van der Waals surface area contributed by atoms with Crippen molar-refractivity contribution in [3.05, 3.63) is 46.8 Å². The van der Waals surface area contributed by atoms with Crippen molar-refractivity contribution in [2.75, 3.05) is 7.05 Å². The molecule has 1 unspecified atom stereocenters. The molecule has 3 nitrogen and oxygen atoms in total. The predicted molar refractivity (Wildman–Crippen MR) is 84.3 cm³/mol. The zero-order valence-electron chi connectivity index (χ0n) is 12.7. The maximum atomic E-state index is 4.59. The Balaban J connectivity index is 2.35. The van der Waals surface area contributed by atoms with Crippen LogP contribution in [0.25, 0.3) is 0 Å². The number of rotatable bonds is 4. The van der Waals surface area contributed by atoms with E-state index in [2.05, 4.69) is 53.4 Å². The van der Waals surface area contributed by atoms with Gasteiger partial charge in [0.1, 0.15) is 0 Å². The van der Waals surface area contributed by atoms with Crippen molar-refractivity contribution in [2.24, 2.45) is 0 Å². The maximum absolute atomic E-state index is 4.59. The van der Waals surface area contributed by atoms with Crippen molar-refractivity contribution >= 4 is 11.8 Å². The molecule has 0 aliphatic heterocycles. The molecule has 2 rings (SSSR count). The number of benzene rings is 1. The Bertz CT molecular complexity index is 587. The van der Waals surface area contributed by atoms with E-state index in [1.807, 2.05) is 20.9 Å². The first-order valence-corrected chi connectivity index (χ1v) is 7.60. The zero-order valence-corrected chi connectivity index (χ0v) is 13.5. The highest BCUT2D eigenvalue weighted by molar-refractivity contribution is 7.99. The molecule has 0 aliphatic carbocycles. The molecule has 0 radical (unpaired) electrons.